The SMILES string of the molecule is O=Cc1ccc(N2CCOC2=O)c(Cl)c1. The summed E-state index contributed by atoms with van der Waals surface area (Å²) >= 11 is 5.95. The molecule has 4 nitrogen and oxygen atoms in total. The number of carbonyl (C=O) groups is 2. The first-order chi connectivity index (χ1) is 7.22. The van der Waals surface area contributed by atoms with E-state index in [9.17, 15) is 9.59 Å². The van der Waals surface area contributed by atoms with Gasteiger partial charge in [0, 0.05) is 5.56 Å². The fraction of sp³-hybridized carbons (Fsp3) is 0.200. The molecule has 0 unspecified atom stereocenters. The normalized spacial score (nSPS) is 15.3. The zero-order valence-corrected chi connectivity index (χ0v) is 8.53. The molecule has 1 saturated heterocycles. The summed E-state index contributed by atoms with van der Waals surface area (Å²) in [6.07, 6.45) is 0.300. The van der Waals surface area contributed by atoms with E-state index in [2.05, 4.69) is 0 Å². The number of rotatable bonds is 2. The predicted octanol–water partition coefficient (Wildman–Crippen LogP) is 2.11. The fourth-order valence-electron chi connectivity index (χ4n) is 1.43. The van der Waals surface area contributed by atoms with Gasteiger partial charge in [-0.2, -0.15) is 0 Å². The van der Waals surface area contributed by atoms with E-state index in [1.165, 1.54) is 11.0 Å². The molecule has 0 atom stereocenters. The van der Waals surface area contributed by atoms with Crippen molar-refractivity contribution in [1.29, 1.82) is 0 Å². The minimum Gasteiger partial charge on any atom is -0.447 e. The maximum absolute atomic E-state index is 11.3. The summed E-state index contributed by atoms with van der Waals surface area (Å²) in [5.41, 5.74) is 1.06. The minimum absolute atomic E-state index is 0.366. The van der Waals surface area contributed by atoms with Crippen LogP contribution in [-0.4, -0.2) is 25.5 Å². The first kappa shape index (κ1) is 9.98. The summed E-state index contributed by atoms with van der Waals surface area (Å²) in [6.45, 7) is 0.851. The average Bonchev–Trinajstić information content (AvgIpc) is 2.64. The van der Waals surface area contributed by atoms with Crippen LogP contribution in [0.1, 0.15) is 10.4 Å². The van der Waals surface area contributed by atoms with Crippen molar-refractivity contribution in [3.8, 4) is 0 Å². The number of carbonyl (C=O) groups excluding carboxylic acids is 2. The molecule has 0 spiro atoms. The molecule has 0 aliphatic carbocycles. The molecule has 2 rings (SSSR count). The standard InChI is InChI=1S/C10H8ClNO3/c11-8-5-7(6-13)1-2-9(8)12-3-4-15-10(12)14/h1-2,5-6H,3-4H2. The van der Waals surface area contributed by atoms with Crippen LogP contribution in [-0.2, 0) is 4.74 Å². The highest BCUT2D eigenvalue weighted by Crippen LogP contribution is 2.28. The Morgan fingerprint density at radius 2 is 2.27 bits per heavy atom. The second kappa shape index (κ2) is 3.90. The maximum Gasteiger partial charge on any atom is 0.414 e. The molecule has 0 radical (unpaired) electrons. The number of halogens is 1. The smallest absolute Gasteiger partial charge is 0.414 e. The van der Waals surface area contributed by atoms with E-state index in [4.69, 9.17) is 16.3 Å². The van der Waals surface area contributed by atoms with Crippen LogP contribution in [0.4, 0.5) is 10.5 Å². The Bertz CT molecular complexity index is 419. The first-order valence-electron chi connectivity index (χ1n) is 4.41. The van der Waals surface area contributed by atoms with Crippen LogP contribution in [0.15, 0.2) is 18.2 Å². The van der Waals surface area contributed by atoms with E-state index in [-0.39, 0.29) is 0 Å². The number of cyclic esters (lactones) is 1. The lowest BCUT2D eigenvalue weighted by Crippen LogP contribution is -2.23. The summed E-state index contributed by atoms with van der Waals surface area (Å²) in [7, 11) is 0. The monoisotopic (exact) mass is 225 g/mol. The molecule has 78 valence electrons. The van der Waals surface area contributed by atoms with Gasteiger partial charge in [0.05, 0.1) is 17.3 Å². The van der Waals surface area contributed by atoms with E-state index in [0.29, 0.717) is 35.7 Å². The van der Waals surface area contributed by atoms with Gasteiger partial charge in [0.2, 0.25) is 0 Å². The fourth-order valence-corrected chi connectivity index (χ4v) is 1.72. The van der Waals surface area contributed by atoms with Gasteiger partial charge in [0.15, 0.2) is 0 Å². The number of hydrogen-bond donors (Lipinski definition) is 0. The van der Waals surface area contributed by atoms with Crippen molar-refractivity contribution in [3.05, 3.63) is 28.8 Å². The van der Waals surface area contributed by atoms with Gasteiger partial charge in [-0.25, -0.2) is 4.79 Å². The lowest BCUT2D eigenvalue weighted by Gasteiger charge is -2.14. The molecule has 1 amide bonds. The van der Waals surface area contributed by atoms with Crippen molar-refractivity contribution in [1.82, 2.24) is 0 Å². The van der Waals surface area contributed by atoms with Crippen molar-refractivity contribution < 1.29 is 14.3 Å². The quantitative estimate of drug-likeness (QED) is 0.725. The third-order valence-corrected chi connectivity index (χ3v) is 2.46. The van der Waals surface area contributed by atoms with Crippen LogP contribution in [0.5, 0.6) is 0 Å². The molecular weight excluding hydrogens is 218 g/mol. The van der Waals surface area contributed by atoms with Crippen LogP contribution in [0, 0.1) is 0 Å². The molecule has 1 heterocycles. The van der Waals surface area contributed by atoms with Crippen molar-refractivity contribution >= 4 is 29.7 Å². The Morgan fingerprint density at radius 1 is 1.47 bits per heavy atom. The lowest BCUT2D eigenvalue weighted by atomic mass is 10.2. The van der Waals surface area contributed by atoms with Crippen LogP contribution >= 0.6 is 11.6 Å². The van der Waals surface area contributed by atoms with Gasteiger partial charge in [-0.3, -0.25) is 9.69 Å². The molecule has 1 aromatic carbocycles. The van der Waals surface area contributed by atoms with Gasteiger partial charge >= 0.3 is 6.09 Å². The molecular formula is C10H8ClNO3. The Balaban J connectivity index is 2.36. The minimum atomic E-state index is -0.407. The van der Waals surface area contributed by atoms with Gasteiger partial charge < -0.3 is 4.74 Å². The number of ether oxygens (including phenoxy) is 1. The van der Waals surface area contributed by atoms with E-state index < -0.39 is 6.09 Å². The third kappa shape index (κ3) is 1.80. The zero-order chi connectivity index (χ0) is 10.8. The molecule has 1 aliphatic rings. The van der Waals surface area contributed by atoms with E-state index in [1.807, 2.05) is 0 Å². The van der Waals surface area contributed by atoms with Gasteiger partial charge in [-0.1, -0.05) is 11.6 Å². The van der Waals surface area contributed by atoms with Gasteiger partial charge in [0.25, 0.3) is 0 Å². The zero-order valence-electron chi connectivity index (χ0n) is 7.77. The first-order valence-corrected chi connectivity index (χ1v) is 4.79. The molecule has 0 saturated carbocycles. The van der Waals surface area contributed by atoms with Crippen LogP contribution in [0.3, 0.4) is 0 Å². The van der Waals surface area contributed by atoms with Crippen molar-refractivity contribution in [2.45, 2.75) is 0 Å². The summed E-state index contributed by atoms with van der Waals surface area (Å²) in [6, 6.07) is 4.77. The lowest BCUT2D eigenvalue weighted by molar-refractivity contribution is 0.112. The highest BCUT2D eigenvalue weighted by molar-refractivity contribution is 6.34. The third-order valence-electron chi connectivity index (χ3n) is 2.16. The predicted molar refractivity (Wildman–Crippen MR) is 55.5 cm³/mol. The molecule has 0 aromatic heterocycles. The maximum atomic E-state index is 11.3. The Labute approximate surface area is 91.4 Å². The Kier molecular flexibility index (Phi) is 2.60. The molecule has 1 aromatic rings. The molecule has 1 fully saturated rings. The van der Waals surface area contributed by atoms with Crippen molar-refractivity contribution in [2.24, 2.45) is 0 Å². The van der Waals surface area contributed by atoms with Gasteiger partial charge in [-0.05, 0) is 18.2 Å². The summed E-state index contributed by atoms with van der Waals surface area (Å²) in [4.78, 5) is 23.2. The number of nitrogens with zero attached hydrogens (tertiary/aromatic N) is 1. The van der Waals surface area contributed by atoms with Crippen LogP contribution in [0.2, 0.25) is 5.02 Å². The molecule has 0 N–H and O–H groups in total. The number of aldehydes is 1. The molecule has 15 heavy (non-hydrogen) atoms. The van der Waals surface area contributed by atoms with Gasteiger partial charge in [-0.15, -0.1) is 0 Å². The summed E-state index contributed by atoms with van der Waals surface area (Å²) in [5, 5.41) is 0.374. The number of anilines is 1. The highest BCUT2D eigenvalue weighted by atomic mass is 35.5. The molecule has 5 heteroatoms. The Hall–Kier alpha value is -1.55. The van der Waals surface area contributed by atoms with Gasteiger partial charge in [0.1, 0.15) is 12.9 Å². The van der Waals surface area contributed by atoms with Crippen molar-refractivity contribution in [2.75, 3.05) is 18.1 Å². The Morgan fingerprint density at radius 3 is 2.80 bits per heavy atom. The number of hydrogen-bond acceptors (Lipinski definition) is 3. The van der Waals surface area contributed by atoms with E-state index in [1.54, 1.807) is 12.1 Å². The van der Waals surface area contributed by atoms with Crippen molar-refractivity contribution in [3.63, 3.8) is 0 Å². The average molecular weight is 226 g/mol. The van der Waals surface area contributed by atoms with E-state index in [0.717, 1.165) is 0 Å². The largest absolute Gasteiger partial charge is 0.447 e. The molecule has 0 bridgehead atoms. The van der Waals surface area contributed by atoms with Crippen LogP contribution < -0.4 is 4.90 Å². The molecule has 1 aliphatic heterocycles. The topological polar surface area (TPSA) is 46.6 Å². The second-order valence-corrected chi connectivity index (χ2v) is 3.50. The highest BCUT2D eigenvalue weighted by Gasteiger charge is 2.25. The van der Waals surface area contributed by atoms with E-state index >= 15 is 0 Å². The van der Waals surface area contributed by atoms with Crippen LogP contribution in [0.25, 0.3) is 0 Å². The summed E-state index contributed by atoms with van der Waals surface area (Å²) < 4.78 is 4.79. The second-order valence-electron chi connectivity index (χ2n) is 3.09. The summed E-state index contributed by atoms with van der Waals surface area (Å²) in [5.74, 6) is 0. The number of benzene rings is 1. The number of amides is 1.